The van der Waals surface area contributed by atoms with Crippen molar-refractivity contribution in [3.63, 3.8) is 0 Å². The van der Waals surface area contributed by atoms with Crippen LogP contribution in [0.2, 0.25) is 0 Å². The molecule has 0 aromatic rings. The quantitative estimate of drug-likeness (QED) is 0.605. The summed E-state index contributed by atoms with van der Waals surface area (Å²) in [5, 5.41) is 2.60. The predicted octanol–water partition coefficient (Wildman–Crippen LogP) is 1.31. The number of nitrogens with one attached hydrogen (secondary N) is 1. The SMILES string of the molecule is C=CCC(C)NC(=O)OC. The van der Waals surface area contributed by atoms with Gasteiger partial charge in [-0.2, -0.15) is 0 Å². The molecular formula is C7H13NO2. The Labute approximate surface area is 61.1 Å². The average Bonchev–Trinajstić information content (AvgIpc) is 1.88. The zero-order chi connectivity index (χ0) is 7.98. The Morgan fingerprint density at radius 3 is 2.90 bits per heavy atom. The number of rotatable bonds is 3. The van der Waals surface area contributed by atoms with E-state index in [9.17, 15) is 4.79 Å². The Balaban J connectivity index is 3.46. The minimum absolute atomic E-state index is 0.102. The summed E-state index contributed by atoms with van der Waals surface area (Å²) in [6, 6.07) is 0.102. The van der Waals surface area contributed by atoms with Crippen LogP contribution in [0, 0.1) is 0 Å². The lowest BCUT2D eigenvalue weighted by atomic mass is 10.2. The fraction of sp³-hybridized carbons (Fsp3) is 0.571. The van der Waals surface area contributed by atoms with E-state index in [1.807, 2.05) is 6.92 Å². The van der Waals surface area contributed by atoms with Crippen molar-refractivity contribution in [2.75, 3.05) is 7.11 Å². The highest BCUT2D eigenvalue weighted by Gasteiger charge is 2.02. The van der Waals surface area contributed by atoms with Gasteiger partial charge in [-0.15, -0.1) is 6.58 Å². The number of ether oxygens (including phenoxy) is 1. The van der Waals surface area contributed by atoms with Crippen molar-refractivity contribution in [1.82, 2.24) is 5.32 Å². The Bertz CT molecular complexity index is 123. The van der Waals surface area contributed by atoms with Crippen LogP contribution in [0.4, 0.5) is 4.79 Å². The first-order valence-electron chi connectivity index (χ1n) is 3.16. The zero-order valence-corrected chi connectivity index (χ0v) is 6.39. The lowest BCUT2D eigenvalue weighted by Crippen LogP contribution is -2.31. The normalized spacial score (nSPS) is 11.8. The highest BCUT2D eigenvalue weighted by Crippen LogP contribution is 1.90. The van der Waals surface area contributed by atoms with Gasteiger partial charge in [0.15, 0.2) is 0 Å². The van der Waals surface area contributed by atoms with Gasteiger partial charge < -0.3 is 10.1 Å². The van der Waals surface area contributed by atoms with Crippen molar-refractivity contribution in [3.05, 3.63) is 12.7 Å². The topological polar surface area (TPSA) is 38.3 Å². The van der Waals surface area contributed by atoms with Gasteiger partial charge in [-0.25, -0.2) is 4.79 Å². The third-order valence-electron chi connectivity index (χ3n) is 1.07. The van der Waals surface area contributed by atoms with E-state index >= 15 is 0 Å². The van der Waals surface area contributed by atoms with E-state index < -0.39 is 6.09 Å². The lowest BCUT2D eigenvalue weighted by Gasteiger charge is -2.09. The van der Waals surface area contributed by atoms with E-state index in [-0.39, 0.29) is 6.04 Å². The number of alkyl carbamates (subject to hydrolysis) is 1. The standard InChI is InChI=1S/C7H13NO2/c1-4-5-6(2)8-7(9)10-3/h4,6H,1,5H2,2-3H3,(H,8,9). The highest BCUT2D eigenvalue weighted by molar-refractivity contribution is 5.67. The first-order valence-corrected chi connectivity index (χ1v) is 3.16. The molecule has 10 heavy (non-hydrogen) atoms. The summed E-state index contributed by atoms with van der Waals surface area (Å²) < 4.78 is 4.38. The van der Waals surface area contributed by atoms with Crippen LogP contribution in [0.5, 0.6) is 0 Å². The second-order valence-corrected chi connectivity index (χ2v) is 2.06. The molecular weight excluding hydrogens is 130 g/mol. The van der Waals surface area contributed by atoms with Crippen LogP contribution in [-0.2, 0) is 4.74 Å². The summed E-state index contributed by atoms with van der Waals surface area (Å²) in [6.45, 7) is 5.43. The van der Waals surface area contributed by atoms with Crippen LogP contribution in [0.15, 0.2) is 12.7 Å². The Kier molecular flexibility index (Phi) is 4.37. The molecule has 3 nitrogen and oxygen atoms in total. The van der Waals surface area contributed by atoms with E-state index in [2.05, 4.69) is 16.6 Å². The Morgan fingerprint density at radius 1 is 1.90 bits per heavy atom. The van der Waals surface area contributed by atoms with E-state index in [1.54, 1.807) is 6.08 Å². The molecule has 0 bridgehead atoms. The number of hydrogen-bond acceptors (Lipinski definition) is 2. The van der Waals surface area contributed by atoms with Crippen LogP contribution in [0.25, 0.3) is 0 Å². The molecule has 0 radical (unpaired) electrons. The molecule has 1 atom stereocenters. The van der Waals surface area contributed by atoms with Crippen LogP contribution < -0.4 is 5.32 Å². The van der Waals surface area contributed by atoms with Crippen molar-refractivity contribution in [2.45, 2.75) is 19.4 Å². The molecule has 0 spiro atoms. The fourth-order valence-corrected chi connectivity index (χ4v) is 0.569. The molecule has 0 aliphatic rings. The average molecular weight is 143 g/mol. The molecule has 0 aromatic heterocycles. The molecule has 1 N–H and O–H groups in total. The van der Waals surface area contributed by atoms with Gasteiger partial charge in [-0.3, -0.25) is 0 Å². The molecule has 0 heterocycles. The van der Waals surface area contributed by atoms with Crippen molar-refractivity contribution < 1.29 is 9.53 Å². The predicted molar refractivity (Wildman–Crippen MR) is 39.8 cm³/mol. The minimum Gasteiger partial charge on any atom is -0.453 e. The molecule has 58 valence electrons. The summed E-state index contributed by atoms with van der Waals surface area (Å²) in [6.07, 6.45) is 2.12. The van der Waals surface area contributed by atoms with Gasteiger partial charge in [-0.05, 0) is 13.3 Å². The third-order valence-corrected chi connectivity index (χ3v) is 1.07. The third kappa shape index (κ3) is 3.95. The first kappa shape index (κ1) is 9.01. The molecule has 3 heteroatoms. The van der Waals surface area contributed by atoms with Crippen LogP contribution in [0.3, 0.4) is 0 Å². The number of hydrogen-bond donors (Lipinski definition) is 1. The van der Waals surface area contributed by atoms with Gasteiger partial charge in [0, 0.05) is 6.04 Å². The van der Waals surface area contributed by atoms with E-state index in [1.165, 1.54) is 7.11 Å². The molecule has 0 aliphatic heterocycles. The molecule has 0 saturated heterocycles. The van der Waals surface area contributed by atoms with E-state index in [0.29, 0.717) is 0 Å². The maximum absolute atomic E-state index is 10.5. The Hall–Kier alpha value is -0.990. The molecule has 1 amide bonds. The van der Waals surface area contributed by atoms with Gasteiger partial charge in [0.2, 0.25) is 0 Å². The van der Waals surface area contributed by atoms with Crippen LogP contribution in [0.1, 0.15) is 13.3 Å². The maximum Gasteiger partial charge on any atom is 0.407 e. The zero-order valence-electron chi connectivity index (χ0n) is 6.39. The molecule has 0 aromatic carbocycles. The smallest absolute Gasteiger partial charge is 0.407 e. The van der Waals surface area contributed by atoms with E-state index in [0.717, 1.165) is 6.42 Å². The van der Waals surface area contributed by atoms with Gasteiger partial charge in [0.1, 0.15) is 0 Å². The first-order chi connectivity index (χ1) is 4.70. The van der Waals surface area contributed by atoms with E-state index in [4.69, 9.17) is 0 Å². The number of methoxy groups -OCH3 is 1. The maximum atomic E-state index is 10.5. The molecule has 1 unspecified atom stereocenters. The fourth-order valence-electron chi connectivity index (χ4n) is 0.569. The van der Waals surface area contributed by atoms with Gasteiger partial charge in [-0.1, -0.05) is 6.08 Å². The van der Waals surface area contributed by atoms with Crippen LogP contribution >= 0.6 is 0 Å². The van der Waals surface area contributed by atoms with Gasteiger partial charge >= 0.3 is 6.09 Å². The number of amides is 1. The lowest BCUT2D eigenvalue weighted by molar-refractivity contribution is 0.167. The molecule has 0 rings (SSSR count). The highest BCUT2D eigenvalue weighted by atomic mass is 16.5. The van der Waals surface area contributed by atoms with Crippen molar-refractivity contribution in [2.24, 2.45) is 0 Å². The summed E-state index contributed by atoms with van der Waals surface area (Å²) in [4.78, 5) is 10.5. The monoisotopic (exact) mass is 143 g/mol. The molecule has 0 fully saturated rings. The van der Waals surface area contributed by atoms with Gasteiger partial charge in [0.25, 0.3) is 0 Å². The minimum atomic E-state index is -0.394. The van der Waals surface area contributed by atoms with Gasteiger partial charge in [0.05, 0.1) is 7.11 Å². The van der Waals surface area contributed by atoms with Crippen molar-refractivity contribution in [1.29, 1.82) is 0 Å². The second kappa shape index (κ2) is 4.85. The summed E-state index contributed by atoms with van der Waals surface area (Å²) in [7, 11) is 1.34. The van der Waals surface area contributed by atoms with Crippen molar-refractivity contribution in [3.8, 4) is 0 Å². The second-order valence-electron chi connectivity index (χ2n) is 2.06. The summed E-state index contributed by atoms with van der Waals surface area (Å²) in [5.74, 6) is 0. The van der Waals surface area contributed by atoms with Crippen molar-refractivity contribution >= 4 is 6.09 Å². The largest absolute Gasteiger partial charge is 0.453 e. The number of carbonyl (C=O) groups excluding carboxylic acids is 1. The summed E-state index contributed by atoms with van der Waals surface area (Å²) in [5.41, 5.74) is 0. The molecule has 0 saturated carbocycles. The van der Waals surface area contributed by atoms with Crippen LogP contribution in [-0.4, -0.2) is 19.2 Å². The molecule has 0 aliphatic carbocycles. The Morgan fingerprint density at radius 2 is 2.50 bits per heavy atom. The number of carbonyl (C=O) groups is 1. The summed E-state index contributed by atoms with van der Waals surface area (Å²) >= 11 is 0.